The molecule has 1 aliphatic rings. The second kappa shape index (κ2) is 9.13. The van der Waals surface area contributed by atoms with Crippen molar-refractivity contribution in [2.45, 2.75) is 13.0 Å². The maximum atomic E-state index is 13.7. The number of methoxy groups -OCH3 is 1. The predicted octanol–water partition coefficient (Wildman–Crippen LogP) is 6.34. The van der Waals surface area contributed by atoms with E-state index in [9.17, 15) is 14.7 Å². The summed E-state index contributed by atoms with van der Waals surface area (Å²) in [5.41, 5.74) is 0.806. The van der Waals surface area contributed by atoms with E-state index in [0.29, 0.717) is 39.8 Å². The van der Waals surface area contributed by atoms with Crippen LogP contribution in [0, 0.1) is 0 Å². The third-order valence-electron chi connectivity index (χ3n) is 5.68. The highest BCUT2D eigenvalue weighted by atomic mass is 35.5. The number of fused-ring (bicyclic) bond motifs is 1. The molecule has 5 rings (SSSR count). The Balaban J connectivity index is 1.60. The monoisotopic (exact) mass is 509 g/mol. The Hall–Kier alpha value is -3.75. The highest BCUT2D eigenvalue weighted by molar-refractivity contribution is 7.10. The van der Waals surface area contributed by atoms with E-state index in [0.717, 1.165) is 4.88 Å². The summed E-state index contributed by atoms with van der Waals surface area (Å²) in [4.78, 5) is 29.1. The van der Waals surface area contributed by atoms with Crippen LogP contribution in [-0.4, -0.2) is 30.5 Å². The van der Waals surface area contributed by atoms with Crippen molar-refractivity contribution < 1.29 is 28.6 Å². The van der Waals surface area contributed by atoms with Crippen molar-refractivity contribution in [1.29, 1.82) is 0 Å². The van der Waals surface area contributed by atoms with E-state index in [2.05, 4.69) is 0 Å². The van der Waals surface area contributed by atoms with Gasteiger partial charge in [0.05, 0.1) is 19.3 Å². The number of carbonyl (C=O) groups excluding carboxylic acids is 2. The van der Waals surface area contributed by atoms with E-state index < -0.39 is 23.5 Å². The number of furan rings is 1. The fourth-order valence-corrected chi connectivity index (χ4v) is 5.21. The molecule has 1 aliphatic heterocycles. The van der Waals surface area contributed by atoms with E-state index >= 15 is 0 Å². The van der Waals surface area contributed by atoms with E-state index in [4.69, 9.17) is 25.5 Å². The van der Waals surface area contributed by atoms with Gasteiger partial charge in [-0.3, -0.25) is 14.5 Å². The number of benzene rings is 2. The van der Waals surface area contributed by atoms with Crippen LogP contribution in [0.2, 0.25) is 5.02 Å². The zero-order chi connectivity index (χ0) is 24.7. The van der Waals surface area contributed by atoms with Crippen molar-refractivity contribution in [2.24, 2.45) is 0 Å². The molecule has 7 nitrogen and oxygen atoms in total. The Morgan fingerprint density at radius 2 is 1.97 bits per heavy atom. The number of nitrogens with zero attached hydrogens (tertiary/aromatic N) is 1. The Labute approximate surface area is 209 Å². The van der Waals surface area contributed by atoms with Gasteiger partial charge in [0.2, 0.25) is 5.78 Å². The first-order valence-electron chi connectivity index (χ1n) is 10.8. The molecule has 0 fully saturated rings. The molecule has 178 valence electrons. The van der Waals surface area contributed by atoms with Gasteiger partial charge in [-0.25, -0.2) is 0 Å². The average molecular weight is 510 g/mol. The number of amides is 1. The largest absolute Gasteiger partial charge is 0.503 e. The summed E-state index contributed by atoms with van der Waals surface area (Å²) in [6.07, 6.45) is 0. The smallest absolute Gasteiger partial charge is 0.294 e. The molecule has 0 spiro atoms. The second-order valence-corrected chi connectivity index (χ2v) is 9.16. The van der Waals surface area contributed by atoms with Crippen molar-refractivity contribution >= 4 is 51.3 Å². The number of ether oxygens (including phenoxy) is 2. The van der Waals surface area contributed by atoms with Crippen LogP contribution in [0.1, 0.15) is 28.4 Å². The molecule has 4 aromatic rings. The third-order valence-corrected chi connectivity index (χ3v) is 6.82. The molecule has 0 saturated carbocycles. The van der Waals surface area contributed by atoms with Crippen LogP contribution in [0.15, 0.2) is 75.7 Å². The summed E-state index contributed by atoms with van der Waals surface area (Å²) >= 11 is 7.53. The molecule has 2 aromatic carbocycles. The van der Waals surface area contributed by atoms with Gasteiger partial charge in [0, 0.05) is 27.0 Å². The molecule has 1 amide bonds. The molecule has 2 aromatic heterocycles. The van der Waals surface area contributed by atoms with Gasteiger partial charge in [-0.1, -0.05) is 17.7 Å². The molecular weight excluding hydrogens is 490 g/mol. The molecule has 1 atom stereocenters. The maximum Gasteiger partial charge on any atom is 0.294 e. The van der Waals surface area contributed by atoms with Crippen LogP contribution in [0.3, 0.4) is 0 Å². The number of ketones is 1. The number of Topliss-reactive ketones (excluding diaryl/α,β-unsaturated/α-hetero) is 1. The van der Waals surface area contributed by atoms with Crippen LogP contribution in [0.5, 0.6) is 11.5 Å². The number of hydrogen-bond acceptors (Lipinski definition) is 7. The zero-order valence-electron chi connectivity index (χ0n) is 18.8. The minimum Gasteiger partial charge on any atom is -0.503 e. The van der Waals surface area contributed by atoms with E-state index in [1.807, 2.05) is 24.4 Å². The molecule has 9 heteroatoms. The highest BCUT2D eigenvalue weighted by Gasteiger charge is 2.46. The predicted molar refractivity (Wildman–Crippen MR) is 134 cm³/mol. The first-order valence-corrected chi connectivity index (χ1v) is 12.0. The van der Waals surface area contributed by atoms with Gasteiger partial charge in [0.25, 0.3) is 5.91 Å². The van der Waals surface area contributed by atoms with Crippen LogP contribution >= 0.6 is 22.9 Å². The van der Waals surface area contributed by atoms with Crippen molar-refractivity contribution in [1.82, 2.24) is 0 Å². The fourth-order valence-electron chi connectivity index (χ4n) is 4.17. The summed E-state index contributed by atoms with van der Waals surface area (Å²) in [5.74, 6) is -0.903. The zero-order valence-corrected chi connectivity index (χ0v) is 20.4. The Morgan fingerprint density at radius 1 is 1.20 bits per heavy atom. The van der Waals surface area contributed by atoms with Gasteiger partial charge in [-0.05, 0) is 54.8 Å². The number of carbonyl (C=O) groups is 2. The molecule has 0 bridgehead atoms. The third kappa shape index (κ3) is 3.94. The molecule has 0 saturated heterocycles. The molecule has 0 aliphatic carbocycles. The van der Waals surface area contributed by atoms with Crippen molar-refractivity contribution in [3.05, 3.63) is 87.0 Å². The molecule has 35 heavy (non-hydrogen) atoms. The van der Waals surface area contributed by atoms with E-state index in [1.165, 1.54) is 29.4 Å². The quantitative estimate of drug-likeness (QED) is 0.292. The number of halogens is 1. The van der Waals surface area contributed by atoms with E-state index in [1.54, 1.807) is 36.4 Å². The topological polar surface area (TPSA) is 89.2 Å². The van der Waals surface area contributed by atoms with Crippen LogP contribution in [-0.2, 0) is 4.79 Å². The SMILES string of the molecule is CCOc1ccc(N2C(=O)C(O)=C(C(=O)c3cc4cc(Cl)cc(OC)c4o3)C2c2cccs2)cc1. The molecule has 1 unspecified atom stereocenters. The number of thiophene rings is 1. The lowest BCUT2D eigenvalue weighted by atomic mass is 10.00. The second-order valence-electron chi connectivity index (χ2n) is 7.75. The standard InChI is InChI=1S/C26H20ClNO6S/c1-3-33-17-8-6-16(7-9-17)28-22(20-5-4-10-35-20)21(24(30)26(28)31)23(29)18-12-14-11-15(27)13-19(32-2)25(14)34-18/h4-13,22,30H,3H2,1-2H3. The normalized spacial score (nSPS) is 15.8. The molecule has 1 N–H and O–H groups in total. The van der Waals surface area contributed by atoms with Crippen LogP contribution in [0.4, 0.5) is 5.69 Å². The maximum absolute atomic E-state index is 13.7. The van der Waals surface area contributed by atoms with Gasteiger partial charge in [-0.15, -0.1) is 11.3 Å². The number of anilines is 1. The Morgan fingerprint density at radius 3 is 2.63 bits per heavy atom. The Bertz CT molecular complexity index is 1460. The molecular formula is C26H20ClNO6S. The van der Waals surface area contributed by atoms with Crippen molar-refractivity contribution in [2.75, 3.05) is 18.6 Å². The molecule has 0 radical (unpaired) electrons. The number of hydrogen-bond donors (Lipinski definition) is 1. The van der Waals surface area contributed by atoms with Crippen LogP contribution < -0.4 is 14.4 Å². The van der Waals surface area contributed by atoms with Crippen LogP contribution in [0.25, 0.3) is 11.0 Å². The lowest BCUT2D eigenvalue weighted by Crippen LogP contribution is -2.30. The van der Waals surface area contributed by atoms with Gasteiger partial charge < -0.3 is 19.0 Å². The summed E-state index contributed by atoms with van der Waals surface area (Å²) in [5, 5.41) is 13.7. The van der Waals surface area contributed by atoms with Gasteiger partial charge in [0.1, 0.15) is 11.8 Å². The minimum atomic E-state index is -0.827. The number of aliphatic hydroxyl groups excluding tert-OH is 1. The summed E-state index contributed by atoms with van der Waals surface area (Å²) in [6, 6.07) is 14.5. The Kier molecular flexibility index (Phi) is 6.00. The first kappa shape index (κ1) is 23.0. The number of rotatable bonds is 7. The fraction of sp³-hybridized carbons (Fsp3) is 0.154. The summed E-state index contributed by atoms with van der Waals surface area (Å²) < 4.78 is 16.7. The van der Waals surface area contributed by atoms with Gasteiger partial charge >= 0.3 is 0 Å². The average Bonchev–Trinajstić information content (AvgIpc) is 3.58. The minimum absolute atomic E-state index is 0.0370. The van der Waals surface area contributed by atoms with E-state index in [-0.39, 0.29) is 11.3 Å². The summed E-state index contributed by atoms with van der Waals surface area (Å²) in [6.45, 7) is 2.39. The summed E-state index contributed by atoms with van der Waals surface area (Å²) in [7, 11) is 1.47. The van der Waals surface area contributed by atoms with Crippen molar-refractivity contribution in [3.8, 4) is 11.5 Å². The lowest BCUT2D eigenvalue weighted by Gasteiger charge is -2.25. The first-order chi connectivity index (χ1) is 16.9. The number of aliphatic hydroxyl groups is 1. The lowest BCUT2D eigenvalue weighted by molar-refractivity contribution is -0.117. The van der Waals surface area contributed by atoms with Gasteiger partial charge in [0.15, 0.2) is 22.9 Å². The molecule has 3 heterocycles. The van der Waals surface area contributed by atoms with Crippen molar-refractivity contribution in [3.63, 3.8) is 0 Å². The van der Waals surface area contributed by atoms with Gasteiger partial charge in [-0.2, -0.15) is 0 Å². The highest BCUT2D eigenvalue weighted by Crippen LogP contribution is 2.44.